The summed E-state index contributed by atoms with van der Waals surface area (Å²) in [6, 6.07) is 2.43. The van der Waals surface area contributed by atoms with E-state index in [1.807, 2.05) is 0 Å². The highest BCUT2D eigenvalue weighted by Gasteiger charge is 2.45. The van der Waals surface area contributed by atoms with E-state index in [4.69, 9.17) is 0 Å². The van der Waals surface area contributed by atoms with Crippen LogP contribution in [0.5, 0.6) is 0 Å². The SMILES string of the molecule is CCC1CN(C2CC3CCC2C3)C(C(C)C)CN1. The molecule has 3 fully saturated rings. The van der Waals surface area contributed by atoms with Gasteiger partial charge in [0, 0.05) is 31.2 Å². The largest absolute Gasteiger partial charge is 0.311 e. The fourth-order valence-electron chi connectivity index (χ4n) is 4.75. The molecule has 5 unspecified atom stereocenters. The second-order valence-corrected chi connectivity index (χ2v) is 7.26. The molecule has 1 N–H and O–H groups in total. The Bertz CT molecular complexity index is 289. The van der Waals surface area contributed by atoms with Crippen LogP contribution in [-0.4, -0.2) is 36.1 Å². The van der Waals surface area contributed by atoms with E-state index in [2.05, 4.69) is 31.0 Å². The maximum absolute atomic E-state index is 3.76. The average molecular weight is 250 g/mol. The van der Waals surface area contributed by atoms with Crippen molar-refractivity contribution in [2.75, 3.05) is 13.1 Å². The smallest absolute Gasteiger partial charge is 0.0247 e. The Morgan fingerprint density at radius 1 is 1.22 bits per heavy atom. The van der Waals surface area contributed by atoms with Gasteiger partial charge in [0.2, 0.25) is 0 Å². The maximum atomic E-state index is 3.76. The van der Waals surface area contributed by atoms with Crippen LogP contribution in [0.15, 0.2) is 0 Å². The van der Waals surface area contributed by atoms with Crippen LogP contribution in [0.1, 0.15) is 52.9 Å². The average Bonchev–Trinajstić information content (AvgIpc) is 3.00. The minimum atomic E-state index is 0.735. The molecular weight excluding hydrogens is 220 g/mol. The third-order valence-corrected chi connectivity index (χ3v) is 5.86. The summed E-state index contributed by atoms with van der Waals surface area (Å²) in [7, 11) is 0. The van der Waals surface area contributed by atoms with Crippen molar-refractivity contribution in [3.63, 3.8) is 0 Å². The highest BCUT2D eigenvalue weighted by Crippen LogP contribution is 2.47. The summed E-state index contributed by atoms with van der Waals surface area (Å²) in [6.07, 6.45) is 7.36. The molecule has 2 heteroatoms. The maximum Gasteiger partial charge on any atom is 0.0247 e. The molecule has 18 heavy (non-hydrogen) atoms. The summed E-state index contributed by atoms with van der Waals surface area (Å²) in [5.74, 6) is 2.89. The van der Waals surface area contributed by atoms with Gasteiger partial charge in [-0.15, -0.1) is 0 Å². The van der Waals surface area contributed by atoms with Gasteiger partial charge in [0.15, 0.2) is 0 Å². The van der Waals surface area contributed by atoms with Crippen LogP contribution in [0.4, 0.5) is 0 Å². The molecule has 1 saturated heterocycles. The van der Waals surface area contributed by atoms with Crippen molar-refractivity contribution in [3.05, 3.63) is 0 Å². The summed E-state index contributed by atoms with van der Waals surface area (Å²) in [5.41, 5.74) is 0. The fourth-order valence-corrected chi connectivity index (χ4v) is 4.75. The third-order valence-electron chi connectivity index (χ3n) is 5.86. The molecule has 2 saturated carbocycles. The van der Waals surface area contributed by atoms with E-state index in [0.717, 1.165) is 35.9 Å². The molecule has 0 spiro atoms. The van der Waals surface area contributed by atoms with Gasteiger partial charge >= 0.3 is 0 Å². The van der Waals surface area contributed by atoms with Crippen LogP contribution in [-0.2, 0) is 0 Å². The quantitative estimate of drug-likeness (QED) is 0.828. The lowest BCUT2D eigenvalue weighted by atomic mass is 9.88. The molecule has 0 aromatic carbocycles. The van der Waals surface area contributed by atoms with E-state index < -0.39 is 0 Å². The second-order valence-electron chi connectivity index (χ2n) is 7.26. The second kappa shape index (κ2) is 5.13. The van der Waals surface area contributed by atoms with Crippen molar-refractivity contribution in [2.45, 2.75) is 71.0 Å². The van der Waals surface area contributed by atoms with Crippen LogP contribution >= 0.6 is 0 Å². The molecule has 0 radical (unpaired) electrons. The lowest BCUT2D eigenvalue weighted by Gasteiger charge is -2.47. The van der Waals surface area contributed by atoms with Crippen molar-refractivity contribution in [3.8, 4) is 0 Å². The van der Waals surface area contributed by atoms with Gasteiger partial charge in [0.1, 0.15) is 0 Å². The summed E-state index contributed by atoms with van der Waals surface area (Å²) >= 11 is 0. The Hall–Kier alpha value is -0.0800. The molecule has 3 aliphatic rings. The van der Waals surface area contributed by atoms with E-state index in [1.165, 1.54) is 45.2 Å². The molecular formula is C16H30N2. The predicted molar refractivity (Wildman–Crippen MR) is 76.6 cm³/mol. The molecule has 5 atom stereocenters. The van der Waals surface area contributed by atoms with Crippen LogP contribution in [0.2, 0.25) is 0 Å². The molecule has 2 nitrogen and oxygen atoms in total. The van der Waals surface area contributed by atoms with Crippen LogP contribution in [0.25, 0.3) is 0 Å². The van der Waals surface area contributed by atoms with Crippen LogP contribution < -0.4 is 5.32 Å². The number of rotatable bonds is 3. The molecule has 3 rings (SSSR count). The molecule has 104 valence electrons. The van der Waals surface area contributed by atoms with Crippen molar-refractivity contribution in [2.24, 2.45) is 17.8 Å². The third kappa shape index (κ3) is 2.22. The Kier molecular flexibility index (Phi) is 3.68. The zero-order valence-electron chi connectivity index (χ0n) is 12.4. The molecule has 1 aliphatic heterocycles. The van der Waals surface area contributed by atoms with Crippen molar-refractivity contribution in [1.29, 1.82) is 0 Å². The number of nitrogens with zero attached hydrogens (tertiary/aromatic N) is 1. The van der Waals surface area contributed by atoms with Gasteiger partial charge in [-0.2, -0.15) is 0 Å². The Morgan fingerprint density at radius 2 is 2.06 bits per heavy atom. The van der Waals surface area contributed by atoms with Gasteiger partial charge in [-0.25, -0.2) is 0 Å². The first-order chi connectivity index (χ1) is 8.69. The van der Waals surface area contributed by atoms with E-state index in [-0.39, 0.29) is 0 Å². The topological polar surface area (TPSA) is 15.3 Å². The minimum absolute atomic E-state index is 0.735. The van der Waals surface area contributed by atoms with Gasteiger partial charge in [-0.1, -0.05) is 27.2 Å². The first-order valence-corrected chi connectivity index (χ1v) is 8.18. The number of hydrogen-bond acceptors (Lipinski definition) is 2. The molecule has 2 aliphatic carbocycles. The lowest BCUT2D eigenvalue weighted by Crippen LogP contribution is -2.61. The van der Waals surface area contributed by atoms with Crippen molar-refractivity contribution >= 4 is 0 Å². The van der Waals surface area contributed by atoms with E-state index in [1.54, 1.807) is 0 Å². The van der Waals surface area contributed by atoms with Gasteiger partial charge in [0.25, 0.3) is 0 Å². The summed E-state index contributed by atoms with van der Waals surface area (Å²) in [5, 5.41) is 3.76. The lowest BCUT2D eigenvalue weighted by molar-refractivity contribution is 0.0308. The fraction of sp³-hybridized carbons (Fsp3) is 1.00. The van der Waals surface area contributed by atoms with Crippen LogP contribution in [0, 0.1) is 17.8 Å². The minimum Gasteiger partial charge on any atom is -0.311 e. The number of fused-ring (bicyclic) bond motifs is 2. The zero-order chi connectivity index (χ0) is 12.7. The first kappa shape index (κ1) is 12.9. The monoisotopic (exact) mass is 250 g/mol. The summed E-state index contributed by atoms with van der Waals surface area (Å²) < 4.78 is 0. The predicted octanol–water partition coefficient (Wildman–Crippen LogP) is 2.88. The van der Waals surface area contributed by atoms with Gasteiger partial charge in [-0.3, -0.25) is 4.90 Å². The Morgan fingerprint density at radius 3 is 2.61 bits per heavy atom. The summed E-state index contributed by atoms with van der Waals surface area (Å²) in [6.45, 7) is 9.64. The highest BCUT2D eigenvalue weighted by molar-refractivity contribution is 5.00. The number of hydrogen-bond donors (Lipinski definition) is 1. The summed E-state index contributed by atoms with van der Waals surface area (Å²) in [4.78, 5) is 2.92. The molecule has 1 heterocycles. The molecule has 0 amide bonds. The number of piperazine rings is 1. The molecule has 0 aromatic rings. The van der Waals surface area contributed by atoms with Gasteiger partial charge in [0.05, 0.1) is 0 Å². The zero-order valence-corrected chi connectivity index (χ0v) is 12.4. The van der Waals surface area contributed by atoms with E-state index in [9.17, 15) is 0 Å². The normalized spacial score (nSPS) is 45.0. The van der Waals surface area contributed by atoms with Gasteiger partial charge < -0.3 is 5.32 Å². The van der Waals surface area contributed by atoms with E-state index >= 15 is 0 Å². The van der Waals surface area contributed by atoms with Crippen molar-refractivity contribution in [1.82, 2.24) is 10.2 Å². The standard InChI is InChI=1S/C16H30N2/c1-4-14-10-18(16(9-17-14)11(2)3)15-8-12-5-6-13(15)7-12/h11-17H,4-10H2,1-3H3. The van der Waals surface area contributed by atoms with Gasteiger partial charge in [-0.05, 0) is 43.4 Å². The number of nitrogens with one attached hydrogen (secondary N) is 1. The Balaban J connectivity index is 1.73. The van der Waals surface area contributed by atoms with Crippen molar-refractivity contribution < 1.29 is 0 Å². The Labute approximate surface area is 113 Å². The molecule has 2 bridgehead atoms. The van der Waals surface area contributed by atoms with Crippen LogP contribution in [0.3, 0.4) is 0 Å². The first-order valence-electron chi connectivity index (χ1n) is 8.18. The highest BCUT2D eigenvalue weighted by atomic mass is 15.3. The molecule has 0 aromatic heterocycles. The van der Waals surface area contributed by atoms with E-state index in [0.29, 0.717) is 0 Å².